The van der Waals surface area contributed by atoms with E-state index in [9.17, 15) is 9.59 Å². The Morgan fingerprint density at radius 2 is 1.16 bits per heavy atom. The van der Waals surface area contributed by atoms with E-state index in [-0.39, 0.29) is 36.5 Å². The number of amides is 1. The third kappa shape index (κ3) is 29.2. The molecule has 4 N–H and O–H groups in total. The number of nitrogens with one attached hydrogen (secondary N) is 1. The van der Waals surface area contributed by atoms with Crippen LogP contribution in [0.25, 0.3) is 0 Å². The standard InChI is InChI=1S/C25H49NO3.ClH.H3N/c1-4-5-6-7-8-9-10-11-12-13-14-15-16-17-18-21-25(28)26-23(2)20-19-22-29-24(3)27;;/h23H,4-22H2,1-3H3,(H,26,28);1H;1H3. The highest BCUT2D eigenvalue weighted by Crippen LogP contribution is 2.13. The molecular formula is C25H53ClN2O3. The van der Waals surface area contributed by atoms with Gasteiger partial charge >= 0.3 is 5.97 Å². The van der Waals surface area contributed by atoms with Crippen molar-refractivity contribution in [2.75, 3.05) is 6.61 Å². The number of rotatable bonds is 21. The second-order valence-corrected chi connectivity index (χ2v) is 8.65. The maximum Gasteiger partial charge on any atom is 0.302 e. The summed E-state index contributed by atoms with van der Waals surface area (Å²) in [6.45, 7) is 6.15. The predicted molar refractivity (Wildman–Crippen MR) is 135 cm³/mol. The fourth-order valence-corrected chi connectivity index (χ4v) is 3.68. The molecule has 188 valence electrons. The zero-order valence-corrected chi connectivity index (χ0v) is 21.7. The lowest BCUT2D eigenvalue weighted by Crippen LogP contribution is -2.32. The molecule has 0 rings (SSSR count). The Labute approximate surface area is 199 Å². The summed E-state index contributed by atoms with van der Waals surface area (Å²) in [4.78, 5) is 22.6. The van der Waals surface area contributed by atoms with Gasteiger partial charge in [0.2, 0.25) is 5.91 Å². The van der Waals surface area contributed by atoms with E-state index in [4.69, 9.17) is 4.74 Å². The van der Waals surface area contributed by atoms with Crippen molar-refractivity contribution in [2.45, 2.75) is 142 Å². The van der Waals surface area contributed by atoms with Gasteiger partial charge in [0.05, 0.1) is 6.61 Å². The fourth-order valence-electron chi connectivity index (χ4n) is 3.68. The molecule has 31 heavy (non-hydrogen) atoms. The van der Waals surface area contributed by atoms with Crippen molar-refractivity contribution in [3.8, 4) is 0 Å². The van der Waals surface area contributed by atoms with Crippen LogP contribution in [0.5, 0.6) is 0 Å². The Morgan fingerprint density at radius 1 is 0.742 bits per heavy atom. The Balaban J connectivity index is -0.00000392. The quantitative estimate of drug-likeness (QED) is 0.134. The number of carbonyl (C=O) groups excluding carboxylic acids is 2. The van der Waals surface area contributed by atoms with Gasteiger partial charge in [-0.25, -0.2) is 0 Å². The Bertz CT molecular complexity index is 395. The van der Waals surface area contributed by atoms with Crippen molar-refractivity contribution in [1.29, 1.82) is 0 Å². The molecule has 0 aliphatic rings. The van der Waals surface area contributed by atoms with Crippen LogP contribution in [0.15, 0.2) is 0 Å². The van der Waals surface area contributed by atoms with E-state index in [1.807, 2.05) is 6.92 Å². The average Bonchev–Trinajstić information content (AvgIpc) is 2.68. The van der Waals surface area contributed by atoms with Gasteiger partial charge in [-0.1, -0.05) is 96.8 Å². The number of hydrogen-bond acceptors (Lipinski definition) is 4. The molecule has 0 aromatic rings. The van der Waals surface area contributed by atoms with Gasteiger partial charge in [-0.05, 0) is 26.2 Å². The van der Waals surface area contributed by atoms with Gasteiger partial charge in [0.1, 0.15) is 0 Å². The van der Waals surface area contributed by atoms with E-state index in [2.05, 4.69) is 12.2 Å². The van der Waals surface area contributed by atoms with Crippen LogP contribution in [-0.4, -0.2) is 24.5 Å². The van der Waals surface area contributed by atoms with Crippen LogP contribution in [0.3, 0.4) is 0 Å². The SMILES string of the molecule is CCCCCCCCCCCCCCCCCC(=O)NC(C)CCCOC(C)=O.Cl.N. The summed E-state index contributed by atoms with van der Waals surface area (Å²) >= 11 is 0. The summed E-state index contributed by atoms with van der Waals surface area (Å²) in [7, 11) is 0. The molecule has 5 nitrogen and oxygen atoms in total. The first-order valence-corrected chi connectivity index (χ1v) is 12.5. The zero-order chi connectivity index (χ0) is 21.6. The maximum absolute atomic E-state index is 11.9. The number of carbonyl (C=O) groups is 2. The second-order valence-electron chi connectivity index (χ2n) is 8.65. The van der Waals surface area contributed by atoms with E-state index in [0.29, 0.717) is 13.0 Å². The molecule has 0 spiro atoms. The number of hydrogen-bond donors (Lipinski definition) is 2. The van der Waals surface area contributed by atoms with E-state index in [1.54, 1.807) is 0 Å². The molecule has 0 fully saturated rings. The van der Waals surface area contributed by atoms with Gasteiger partial charge < -0.3 is 16.2 Å². The second kappa shape index (κ2) is 27.2. The molecule has 0 saturated heterocycles. The Morgan fingerprint density at radius 3 is 1.58 bits per heavy atom. The maximum atomic E-state index is 11.9. The third-order valence-electron chi connectivity index (χ3n) is 5.50. The molecule has 1 atom stereocenters. The van der Waals surface area contributed by atoms with Crippen LogP contribution in [0.1, 0.15) is 136 Å². The highest BCUT2D eigenvalue weighted by Gasteiger charge is 2.07. The minimum atomic E-state index is -0.241. The smallest absolute Gasteiger partial charge is 0.302 e. The number of esters is 1. The van der Waals surface area contributed by atoms with Crippen molar-refractivity contribution in [2.24, 2.45) is 0 Å². The summed E-state index contributed by atoms with van der Waals surface area (Å²) in [5.74, 6) is -0.0884. The molecule has 0 bridgehead atoms. The molecule has 1 unspecified atom stereocenters. The lowest BCUT2D eigenvalue weighted by atomic mass is 10.0. The van der Waals surface area contributed by atoms with Crippen molar-refractivity contribution in [1.82, 2.24) is 11.5 Å². The lowest BCUT2D eigenvalue weighted by molar-refractivity contribution is -0.141. The first-order chi connectivity index (χ1) is 14.1. The molecule has 0 aliphatic heterocycles. The van der Waals surface area contributed by atoms with Crippen molar-refractivity contribution < 1.29 is 14.3 Å². The van der Waals surface area contributed by atoms with Crippen LogP contribution >= 0.6 is 12.4 Å². The van der Waals surface area contributed by atoms with Gasteiger partial charge in [-0.3, -0.25) is 9.59 Å². The monoisotopic (exact) mass is 464 g/mol. The van der Waals surface area contributed by atoms with E-state index in [0.717, 1.165) is 25.7 Å². The topological polar surface area (TPSA) is 90.4 Å². The highest BCUT2D eigenvalue weighted by molar-refractivity contribution is 5.85. The number of unbranched alkanes of at least 4 members (excludes halogenated alkanes) is 14. The largest absolute Gasteiger partial charge is 0.466 e. The van der Waals surface area contributed by atoms with Gasteiger partial charge in [-0.15, -0.1) is 12.4 Å². The predicted octanol–water partition coefficient (Wildman–Crippen LogP) is 7.68. The minimum Gasteiger partial charge on any atom is -0.466 e. The van der Waals surface area contributed by atoms with E-state index in [1.165, 1.54) is 90.4 Å². The van der Waals surface area contributed by atoms with Crippen molar-refractivity contribution in [3.63, 3.8) is 0 Å². The molecule has 0 aromatic heterocycles. The van der Waals surface area contributed by atoms with Crippen molar-refractivity contribution >= 4 is 24.3 Å². The summed E-state index contributed by atoms with van der Waals surface area (Å²) in [5, 5.41) is 3.04. The van der Waals surface area contributed by atoms with Gasteiger partial charge in [0.25, 0.3) is 0 Å². The lowest BCUT2D eigenvalue weighted by Gasteiger charge is -2.13. The molecule has 0 saturated carbocycles. The number of ether oxygens (including phenoxy) is 1. The first-order valence-electron chi connectivity index (χ1n) is 12.5. The van der Waals surface area contributed by atoms with Crippen LogP contribution < -0.4 is 11.5 Å². The fraction of sp³-hybridized carbons (Fsp3) is 0.920. The molecule has 0 radical (unpaired) electrons. The Kier molecular flexibility index (Phi) is 30.6. The van der Waals surface area contributed by atoms with Crippen molar-refractivity contribution in [3.05, 3.63) is 0 Å². The van der Waals surface area contributed by atoms with Crippen LogP contribution in [-0.2, 0) is 14.3 Å². The summed E-state index contributed by atoms with van der Waals surface area (Å²) in [5.41, 5.74) is 0. The first kappa shape index (κ1) is 34.8. The van der Waals surface area contributed by atoms with Crippen LogP contribution in [0, 0.1) is 0 Å². The molecule has 0 heterocycles. The third-order valence-corrected chi connectivity index (χ3v) is 5.50. The molecular weight excluding hydrogens is 412 g/mol. The van der Waals surface area contributed by atoms with Crippen LogP contribution in [0.4, 0.5) is 0 Å². The molecule has 0 aromatic carbocycles. The highest BCUT2D eigenvalue weighted by atomic mass is 35.5. The number of halogens is 1. The summed E-state index contributed by atoms with van der Waals surface area (Å²) in [6.07, 6.45) is 22.4. The van der Waals surface area contributed by atoms with E-state index < -0.39 is 0 Å². The van der Waals surface area contributed by atoms with Gasteiger partial charge in [0, 0.05) is 19.4 Å². The normalized spacial score (nSPS) is 11.2. The van der Waals surface area contributed by atoms with Gasteiger partial charge in [-0.2, -0.15) is 0 Å². The summed E-state index contributed by atoms with van der Waals surface area (Å²) in [6, 6.07) is 0.148. The molecule has 0 aliphatic carbocycles. The summed E-state index contributed by atoms with van der Waals surface area (Å²) < 4.78 is 4.91. The average molecular weight is 465 g/mol. The van der Waals surface area contributed by atoms with Gasteiger partial charge in [0.15, 0.2) is 0 Å². The minimum absolute atomic E-state index is 0. The van der Waals surface area contributed by atoms with E-state index >= 15 is 0 Å². The van der Waals surface area contributed by atoms with Crippen LogP contribution in [0.2, 0.25) is 0 Å². The molecule has 6 heteroatoms. The zero-order valence-electron chi connectivity index (χ0n) is 20.9. The Hall–Kier alpha value is -0.810. The molecule has 1 amide bonds.